The fourth-order valence-electron chi connectivity index (χ4n) is 30.3. The number of benzene rings is 2. The molecule has 16 heteroatoms. The first kappa shape index (κ1) is 122. The monoisotopic (exact) mass is 2030 g/mol. The smallest absolute Gasteiger partial charge is 0.244 e. The minimum absolute atomic E-state index is 0. The van der Waals surface area contributed by atoms with Crippen molar-refractivity contribution in [2.45, 2.75) is 317 Å². The molecule has 1 aliphatic heterocycles. The van der Waals surface area contributed by atoms with Crippen LogP contribution in [-0.2, 0) is 49.9 Å². The molecule has 1 unspecified atom stereocenters. The molecule has 20 bridgehead atoms. The first-order valence-corrected chi connectivity index (χ1v) is 51.9. The highest BCUT2D eigenvalue weighted by Crippen LogP contribution is 2.70. The maximum atomic E-state index is 5.04. The quantitative estimate of drug-likeness (QED) is 0.0914. The van der Waals surface area contributed by atoms with Crippen molar-refractivity contribution in [1.29, 1.82) is 0 Å². The molecule has 11 heterocycles. The number of alkyl halides is 2. The Balaban J connectivity index is 0.000000346. The van der Waals surface area contributed by atoms with Gasteiger partial charge in [-0.15, -0.1) is 0 Å². The summed E-state index contributed by atoms with van der Waals surface area (Å²) in [6.07, 6.45) is 29.4. The highest BCUT2D eigenvalue weighted by atomic mass is 79.9. The SMILES string of the molecule is BrCc1ccc2ccc3ccc(CBr)nc3c2n1.C.C.C.C.C.C.C.C.C.C.C.CC1[C@@H](C)[C@@H]2C[C@@H]([C@H](C)[C@@H]3[C@H](C)[C@H](C)[C@@H]([C@@H]3C)C(C)(C)[C@H]3C[C@H]4[C@H]5C[C@H]([C@@H](C)[C@@H](C)[C@H]5[C@@H](C)[C@@H](C)[C@H]4[C@@H](C)[C@H]3C)C(C)(C)[C@@H]3[C@H](C)[C@@H]([C@H](C)[C@@H]3C)[C@@H]2C)[C@H]1C.CCC.c1cc(Cn2ccnc2)nc(Cn2ccnc2)c1.c1cc2nc(c1)C[n+]1ccn(c1)Cc1ccc3ccc4ccc(nc4c3n1)Cn1cc[n+](c1)C2. The van der Waals surface area contributed by atoms with Gasteiger partial charge in [0.15, 0.2) is 0 Å². The predicted molar refractivity (Wildman–Crippen MR) is 605 cm³/mol. The fraction of sp³-hybridized carbons (Fsp3) is 0.626. The Morgan fingerprint density at radius 3 is 1.00 bits per heavy atom. The summed E-state index contributed by atoms with van der Waals surface area (Å²) in [7, 11) is 0. The second-order valence-corrected chi connectivity index (χ2v) is 45.1. The number of rotatable bonds is 6. The maximum Gasteiger partial charge on any atom is 0.244 e. The van der Waals surface area contributed by atoms with E-state index in [-0.39, 0.29) is 81.7 Å². The second kappa shape index (κ2) is 50.6. The van der Waals surface area contributed by atoms with Gasteiger partial charge < -0.3 is 9.13 Å². The minimum atomic E-state index is 0. The van der Waals surface area contributed by atoms with Crippen LogP contribution in [0.3, 0.4) is 0 Å². The van der Waals surface area contributed by atoms with Gasteiger partial charge in [-0.05, 0) is 250 Å². The van der Waals surface area contributed by atoms with Gasteiger partial charge >= 0.3 is 0 Å². The van der Waals surface area contributed by atoms with Crippen LogP contribution in [0.1, 0.15) is 312 Å². The second-order valence-electron chi connectivity index (χ2n) is 44.0. The molecular weight excluding hydrogens is 1830 g/mol. The largest absolute Gasteiger partial charge is 0.331 e. The number of hydrogen-bond acceptors (Lipinski definition) is 8. The van der Waals surface area contributed by atoms with Crippen LogP contribution in [0.5, 0.6) is 0 Å². The van der Waals surface area contributed by atoms with E-state index in [9.17, 15) is 0 Å². The average molecular weight is 2030 g/mol. The van der Waals surface area contributed by atoms with E-state index >= 15 is 0 Å². The predicted octanol–water partition coefficient (Wildman–Crippen LogP) is 32.9. The van der Waals surface area contributed by atoms with Gasteiger partial charge in [-0.2, -0.15) is 0 Å². The summed E-state index contributed by atoms with van der Waals surface area (Å²) in [5, 5.41) is 6.00. The van der Waals surface area contributed by atoms with E-state index in [1.165, 1.54) is 25.7 Å². The third kappa shape index (κ3) is 24.1. The molecule has 10 aromatic heterocycles. The third-order valence-corrected chi connectivity index (χ3v) is 38.0. The zero-order chi connectivity index (χ0) is 90.8. The van der Waals surface area contributed by atoms with Gasteiger partial charge in [0.05, 0.1) is 93.4 Å². The van der Waals surface area contributed by atoms with Gasteiger partial charge in [-0.3, -0.25) is 4.98 Å². The lowest BCUT2D eigenvalue weighted by molar-refractivity contribution is -0.689. The van der Waals surface area contributed by atoms with E-state index in [0.29, 0.717) is 23.9 Å². The van der Waals surface area contributed by atoms with Crippen molar-refractivity contribution in [3.8, 4) is 0 Å². The third-order valence-electron chi connectivity index (χ3n) is 36.8. The molecule has 770 valence electrons. The molecule has 7 fully saturated rings. The van der Waals surface area contributed by atoms with E-state index in [2.05, 4.69) is 351 Å². The molecular formula is C123H196Br2N14+2. The summed E-state index contributed by atoms with van der Waals surface area (Å²) in [5.41, 5.74) is 12.9. The van der Waals surface area contributed by atoms with Crippen molar-refractivity contribution < 1.29 is 9.13 Å². The molecule has 12 aromatic rings. The summed E-state index contributed by atoms with van der Waals surface area (Å²) >= 11 is 6.89. The summed E-state index contributed by atoms with van der Waals surface area (Å²) < 4.78 is 12.6. The first-order valence-electron chi connectivity index (χ1n) is 49.7. The highest BCUT2D eigenvalue weighted by Gasteiger charge is 2.65. The van der Waals surface area contributed by atoms with Crippen molar-refractivity contribution in [2.75, 3.05) is 0 Å². The zero-order valence-corrected chi connectivity index (χ0v) is 84.7. The molecule has 139 heavy (non-hydrogen) atoms. The number of halogens is 2. The molecule has 0 amide bonds. The summed E-state index contributed by atoms with van der Waals surface area (Å²) in [6, 6.07) is 37.6. The lowest BCUT2D eigenvalue weighted by atomic mass is 9.40. The molecule has 7 aliphatic carbocycles. The van der Waals surface area contributed by atoms with Crippen LogP contribution in [0.2, 0.25) is 0 Å². The van der Waals surface area contributed by atoms with Crippen LogP contribution in [0, 0.1) is 182 Å². The van der Waals surface area contributed by atoms with Crippen LogP contribution in [-0.4, -0.2) is 58.1 Å². The number of fused-ring (bicyclic) bond motifs is 19. The molecule has 8 aliphatic rings. The Hall–Kier alpha value is -7.82. The Bertz CT molecular complexity index is 5400. The Morgan fingerprint density at radius 2 is 0.647 bits per heavy atom. The number of nitrogens with zero attached hydrogens (tertiary/aromatic N) is 14. The maximum absolute atomic E-state index is 5.04. The number of imidazole rings is 4. The van der Waals surface area contributed by atoms with E-state index in [1.54, 1.807) is 25.0 Å². The lowest BCUT2D eigenvalue weighted by Gasteiger charge is -2.65. The summed E-state index contributed by atoms with van der Waals surface area (Å²) in [5.74, 6) is 24.4. The van der Waals surface area contributed by atoms with Crippen LogP contribution in [0.15, 0.2) is 184 Å². The van der Waals surface area contributed by atoms with Gasteiger partial charge in [0.2, 0.25) is 12.7 Å². The van der Waals surface area contributed by atoms with E-state index in [1.807, 2.05) is 51.9 Å². The van der Waals surface area contributed by atoms with Gasteiger partial charge in [-0.1, -0.05) is 340 Å². The standard InChI is InChI=1S/C55H98.C27H23N7.C14H10Br2N2.C13H13N5.C3H8.11CH4/c1-25-26(2)42-22-43(27(25)3)39(15)49-35(11)37(13)53(41(49)17)55(20,21)47-24-45-44-23-46(54(18,19)52-36(12)34(10)48(38(42)14)40(52)16)28(4)30(6)50(44)32(8)33(9)51(45)31(7)29(47)5;1-2-22-14-31-10-12-33(18-31)16-24-8-6-20-4-5-21-7-9-25(30-27(21)26(20)29-24)17-34-13-11-32(19-34)15-23(3-1)28-22;15-7-11-5-3-9-1-2-10-4-6-12(8-16)18-14(10)13(9)17-11;1-2-12(8-17-6-4-14-10-17)16-13(3-1)9-18-7-5-15-11-18;1-3-2;;;;;;;;;;;/h25-53H,22-24H2,1-21H3;1-13,18-19H,14-17H2;1-6H,7-8H2;1-7,10-11H,8-9H2;3H2,1-2H3;11*1H4/q;+2;;;;;;;;;;;;;;/t25?,26-,27+,28+,29-,30-,31+,32+,33-,34-,35-,36+,37+,38-,39+,40-,41-,42+,43-,44-,45+,46-,47+,48+,49+,50+,51-,52+,53+;;;;;;;;;;;;;;;/m1.............../s1. The number of aromatic nitrogens is 14. The Kier molecular flexibility index (Phi) is 44.3. The molecule has 2 aromatic carbocycles. The van der Waals surface area contributed by atoms with Gasteiger partial charge in [0.25, 0.3) is 0 Å². The topological polar surface area (TPSA) is 131 Å². The highest BCUT2D eigenvalue weighted by molar-refractivity contribution is 9.08. The number of pyridine rings is 6. The molecule has 0 saturated heterocycles. The van der Waals surface area contributed by atoms with Crippen LogP contribution in [0.4, 0.5) is 0 Å². The Labute approximate surface area is 865 Å². The summed E-state index contributed by atoms with van der Waals surface area (Å²) in [4.78, 5) is 37.0. The van der Waals surface area contributed by atoms with Crippen molar-refractivity contribution in [2.24, 2.45) is 182 Å². The first-order chi connectivity index (χ1) is 61.3. The lowest BCUT2D eigenvalue weighted by Crippen LogP contribution is -2.59. The number of hydrogen-bond donors (Lipinski definition) is 0. The average Bonchev–Trinajstić information content (AvgIpc) is 1.24. The normalized spacial score (nSPS) is 31.1. The molecule has 7 saturated carbocycles. The van der Waals surface area contributed by atoms with E-state index < -0.39 is 0 Å². The van der Waals surface area contributed by atoms with Crippen molar-refractivity contribution in [3.05, 3.63) is 230 Å². The summed E-state index contributed by atoms with van der Waals surface area (Å²) in [6.45, 7) is 66.7. The molecule has 20 rings (SSSR count). The van der Waals surface area contributed by atoms with E-state index in [0.717, 1.165) is 298 Å². The molecule has 29 atom stereocenters. The molecule has 0 N–H and O–H groups in total. The van der Waals surface area contributed by atoms with Gasteiger partial charge in [0.1, 0.15) is 51.0 Å². The molecule has 0 spiro atoms. The van der Waals surface area contributed by atoms with Crippen molar-refractivity contribution in [1.82, 2.24) is 58.1 Å². The zero-order valence-electron chi connectivity index (χ0n) is 81.6. The molecule has 14 nitrogen and oxygen atoms in total. The fourth-order valence-corrected chi connectivity index (χ4v) is 30.9. The van der Waals surface area contributed by atoms with Crippen LogP contribution in [0.25, 0.3) is 43.6 Å². The van der Waals surface area contributed by atoms with Crippen LogP contribution >= 0.6 is 31.9 Å². The van der Waals surface area contributed by atoms with Crippen molar-refractivity contribution in [3.63, 3.8) is 0 Å². The van der Waals surface area contributed by atoms with Gasteiger partial charge in [-0.25, -0.2) is 53.2 Å². The van der Waals surface area contributed by atoms with Crippen LogP contribution < -0.4 is 9.13 Å². The molecule has 0 radical (unpaired) electrons. The Morgan fingerprint density at radius 1 is 0.317 bits per heavy atom. The van der Waals surface area contributed by atoms with Gasteiger partial charge in [0, 0.05) is 57.0 Å². The minimum Gasteiger partial charge on any atom is -0.331 e. The van der Waals surface area contributed by atoms with E-state index in [4.69, 9.17) is 15.0 Å². The van der Waals surface area contributed by atoms with Crippen molar-refractivity contribution >= 4 is 75.5 Å².